The summed E-state index contributed by atoms with van der Waals surface area (Å²) in [7, 11) is 0. The maximum absolute atomic E-state index is 11.9. The number of carbonyl (C=O) groups is 3. The highest BCUT2D eigenvalue weighted by molar-refractivity contribution is 8.13. The first kappa shape index (κ1) is 15.4. The minimum atomic E-state index is -1.11. The molecule has 2 rings (SSSR count). The Hall–Kier alpha value is -2.02. The SMILES string of the molecule is O=C(CCN1CCSC1=O)N[C@H](C(=O)O)c1ccccc1. The number of thioether (sulfide) groups is 1. The van der Waals surface area contributed by atoms with Crippen LogP contribution in [0.3, 0.4) is 0 Å². The fourth-order valence-electron chi connectivity index (χ4n) is 2.03. The topological polar surface area (TPSA) is 86.7 Å². The van der Waals surface area contributed by atoms with Crippen molar-refractivity contribution in [2.45, 2.75) is 12.5 Å². The number of amides is 2. The number of nitrogens with zero attached hydrogens (tertiary/aromatic N) is 1. The van der Waals surface area contributed by atoms with Crippen LogP contribution in [-0.2, 0) is 9.59 Å². The summed E-state index contributed by atoms with van der Waals surface area (Å²) in [6, 6.07) is 7.46. The van der Waals surface area contributed by atoms with Gasteiger partial charge in [0.1, 0.15) is 0 Å². The average Bonchev–Trinajstić information content (AvgIpc) is 2.88. The molecule has 112 valence electrons. The molecular formula is C14H16N2O4S. The molecule has 1 atom stereocenters. The Kier molecular flexibility index (Phi) is 5.21. The van der Waals surface area contributed by atoms with Gasteiger partial charge in [-0.05, 0) is 5.56 Å². The fourth-order valence-corrected chi connectivity index (χ4v) is 2.88. The lowest BCUT2D eigenvalue weighted by Gasteiger charge is -2.17. The van der Waals surface area contributed by atoms with E-state index >= 15 is 0 Å². The van der Waals surface area contributed by atoms with E-state index in [0.29, 0.717) is 18.7 Å². The van der Waals surface area contributed by atoms with Gasteiger partial charge in [-0.2, -0.15) is 0 Å². The summed E-state index contributed by atoms with van der Waals surface area (Å²) in [4.78, 5) is 36.1. The highest BCUT2D eigenvalue weighted by atomic mass is 32.2. The number of rotatable bonds is 6. The molecular weight excluding hydrogens is 292 g/mol. The predicted octanol–water partition coefficient (Wildman–Crippen LogP) is 1.49. The standard InChI is InChI=1S/C14H16N2O4S/c17-11(6-7-16-8-9-21-14(16)20)15-12(13(18)19)10-4-2-1-3-5-10/h1-5,12H,6-9H2,(H,15,17)(H,18,19)/t12-/m0/s1. The van der Waals surface area contributed by atoms with E-state index in [1.807, 2.05) is 0 Å². The van der Waals surface area contributed by atoms with Gasteiger partial charge in [-0.3, -0.25) is 9.59 Å². The van der Waals surface area contributed by atoms with Crippen molar-refractivity contribution in [3.8, 4) is 0 Å². The first-order valence-corrected chi connectivity index (χ1v) is 7.55. The molecule has 0 bridgehead atoms. The fraction of sp³-hybridized carbons (Fsp3) is 0.357. The molecule has 1 aromatic rings. The first-order valence-electron chi connectivity index (χ1n) is 6.57. The van der Waals surface area contributed by atoms with E-state index in [9.17, 15) is 19.5 Å². The van der Waals surface area contributed by atoms with Crippen molar-refractivity contribution in [2.75, 3.05) is 18.8 Å². The highest BCUT2D eigenvalue weighted by Crippen LogP contribution is 2.17. The molecule has 2 N–H and O–H groups in total. The van der Waals surface area contributed by atoms with E-state index in [-0.39, 0.29) is 17.6 Å². The number of hydrogen-bond acceptors (Lipinski definition) is 4. The van der Waals surface area contributed by atoms with Gasteiger partial charge in [0, 0.05) is 25.3 Å². The Morgan fingerprint density at radius 1 is 1.33 bits per heavy atom. The van der Waals surface area contributed by atoms with Crippen LogP contribution < -0.4 is 5.32 Å². The van der Waals surface area contributed by atoms with Crippen molar-refractivity contribution in [2.24, 2.45) is 0 Å². The van der Waals surface area contributed by atoms with Crippen LogP contribution in [0.4, 0.5) is 4.79 Å². The van der Waals surface area contributed by atoms with Crippen LogP contribution in [0.15, 0.2) is 30.3 Å². The second-order valence-corrected chi connectivity index (χ2v) is 5.65. The van der Waals surface area contributed by atoms with Crippen LogP contribution in [0.1, 0.15) is 18.0 Å². The van der Waals surface area contributed by atoms with Crippen molar-refractivity contribution in [3.05, 3.63) is 35.9 Å². The maximum Gasteiger partial charge on any atom is 0.330 e. The van der Waals surface area contributed by atoms with E-state index in [4.69, 9.17) is 0 Å². The molecule has 1 aliphatic heterocycles. The van der Waals surface area contributed by atoms with Gasteiger partial charge in [0.05, 0.1) is 0 Å². The van der Waals surface area contributed by atoms with E-state index in [0.717, 1.165) is 5.75 Å². The second kappa shape index (κ2) is 7.12. The lowest BCUT2D eigenvalue weighted by molar-refractivity contribution is -0.142. The van der Waals surface area contributed by atoms with E-state index < -0.39 is 12.0 Å². The van der Waals surface area contributed by atoms with E-state index in [1.54, 1.807) is 35.2 Å². The number of carbonyl (C=O) groups excluding carboxylic acids is 2. The van der Waals surface area contributed by atoms with Crippen molar-refractivity contribution in [1.82, 2.24) is 10.2 Å². The molecule has 6 nitrogen and oxygen atoms in total. The van der Waals surface area contributed by atoms with Gasteiger partial charge in [0.15, 0.2) is 6.04 Å². The van der Waals surface area contributed by atoms with Gasteiger partial charge in [-0.1, -0.05) is 42.1 Å². The minimum absolute atomic E-state index is 0.0272. The van der Waals surface area contributed by atoms with Gasteiger partial charge in [-0.15, -0.1) is 0 Å². The summed E-state index contributed by atoms with van der Waals surface area (Å²) in [5, 5.41) is 11.7. The molecule has 0 spiro atoms. The molecule has 1 saturated heterocycles. The van der Waals surface area contributed by atoms with Gasteiger partial charge < -0.3 is 15.3 Å². The summed E-state index contributed by atoms with van der Waals surface area (Å²) in [6.45, 7) is 0.955. The lowest BCUT2D eigenvalue weighted by Crippen LogP contribution is -2.36. The first-order chi connectivity index (χ1) is 10.1. The maximum atomic E-state index is 11.9. The molecule has 1 aliphatic rings. The Labute approximate surface area is 126 Å². The van der Waals surface area contributed by atoms with Gasteiger partial charge in [0.25, 0.3) is 5.24 Å². The van der Waals surface area contributed by atoms with Gasteiger partial charge in [-0.25, -0.2) is 4.79 Å². The number of hydrogen-bond donors (Lipinski definition) is 2. The molecule has 0 aromatic heterocycles. The highest BCUT2D eigenvalue weighted by Gasteiger charge is 2.24. The molecule has 0 unspecified atom stereocenters. The number of aliphatic carboxylic acids is 1. The Morgan fingerprint density at radius 2 is 2.05 bits per heavy atom. The van der Waals surface area contributed by atoms with Crippen LogP contribution >= 0.6 is 11.8 Å². The number of carboxylic acid groups (broad SMARTS) is 1. The van der Waals surface area contributed by atoms with E-state index in [1.165, 1.54) is 11.8 Å². The third-order valence-electron chi connectivity index (χ3n) is 3.14. The monoisotopic (exact) mass is 308 g/mol. The molecule has 0 radical (unpaired) electrons. The zero-order valence-electron chi connectivity index (χ0n) is 11.3. The van der Waals surface area contributed by atoms with Crippen molar-refractivity contribution < 1.29 is 19.5 Å². The number of carboxylic acids is 1. The molecule has 0 saturated carbocycles. The average molecular weight is 308 g/mol. The molecule has 0 aliphatic carbocycles. The molecule has 1 fully saturated rings. The third kappa shape index (κ3) is 4.22. The van der Waals surface area contributed by atoms with Crippen molar-refractivity contribution >= 4 is 28.9 Å². The summed E-state index contributed by atoms with van der Waals surface area (Å²) < 4.78 is 0. The number of benzene rings is 1. The van der Waals surface area contributed by atoms with Crippen LogP contribution in [0.5, 0.6) is 0 Å². The molecule has 1 heterocycles. The third-order valence-corrected chi connectivity index (χ3v) is 4.03. The number of nitrogens with one attached hydrogen (secondary N) is 1. The zero-order chi connectivity index (χ0) is 15.2. The van der Waals surface area contributed by atoms with Crippen LogP contribution in [0.2, 0.25) is 0 Å². The zero-order valence-corrected chi connectivity index (χ0v) is 12.1. The van der Waals surface area contributed by atoms with Crippen LogP contribution in [-0.4, -0.2) is 46.0 Å². The van der Waals surface area contributed by atoms with Crippen LogP contribution in [0, 0.1) is 0 Å². The van der Waals surface area contributed by atoms with Crippen LogP contribution in [0.25, 0.3) is 0 Å². The molecule has 21 heavy (non-hydrogen) atoms. The Balaban J connectivity index is 1.90. The summed E-state index contributed by atoms with van der Waals surface area (Å²) in [6.07, 6.45) is 0.100. The minimum Gasteiger partial charge on any atom is -0.479 e. The summed E-state index contributed by atoms with van der Waals surface area (Å²) in [5.41, 5.74) is 0.520. The largest absolute Gasteiger partial charge is 0.479 e. The normalized spacial score (nSPS) is 15.8. The summed E-state index contributed by atoms with van der Waals surface area (Å²) >= 11 is 1.23. The second-order valence-electron chi connectivity index (χ2n) is 4.60. The quantitative estimate of drug-likeness (QED) is 0.831. The Bertz CT molecular complexity index is 535. The summed E-state index contributed by atoms with van der Waals surface area (Å²) in [5.74, 6) is -0.749. The predicted molar refractivity (Wildman–Crippen MR) is 79.0 cm³/mol. The van der Waals surface area contributed by atoms with Gasteiger partial charge >= 0.3 is 5.97 Å². The van der Waals surface area contributed by atoms with Gasteiger partial charge in [0.2, 0.25) is 5.91 Å². The van der Waals surface area contributed by atoms with E-state index in [2.05, 4.69) is 5.32 Å². The molecule has 1 aromatic carbocycles. The van der Waals surface area contributed by atoms with Crippen molar-refractivity contribution in [3.63, 3.8) is 0 Å². The smallest absolute Gasteiger partial charge is 0.330 e. The molecule has 7 heteroatoms. The van der Waals surface area contributed by atoms with Crippen molar-refractivity contribution in [1.29, 1.82) is 0 Å². The molecule has 2 amide bonds. The lowest BCUT2D eigenvalue weighted by atomic mass is 10.1. The Morgan fingerprint density at radius 3 is 2.62 bits per heavy atom.